The molecule has 2 aromatic heterocycles. The number of aliphatic carboxylic acids is 2. The third-order valence-electron chi connectivity index (χ3n) is 4.61. The van der Waals surface area contributed by atoms with Crippen molar-refractivity contribution in [3.8, 4) is 11.4 Å². The van der Waals surface area contributed by atoms with Gasteiger partial charge in [-0.2, -0.15) is 0 Å². The molecule has 30 heavy (non-hydrogen) atoms. The Balaban J connectivity index is 0.000000347. The minimum atomic E-state index is -0.833. The van der Waals surface area contributed by atoms with Crippen molar-refractivity contribution < 1.29 is 19.8 Å². The molecule has 0 amide bonds. The number of nitrogens with zero attached hydrogens (tertiary/aromatic N) is 3. The van der Waals surface area contributed by atoms with Gasteiger partial charge in [-0.05, 0) is 49.9 Å². The molecule has 0 spiro atoms. The van der Waals surface area contributed by atoms with Gasteiger partial charge in [0.25, 0.3) is 11.9 Å². The molecule has 0 bridgehead atoms. The second-order valence-electron chi connectivity index (χ2n) is 7.19. The summed E-state index contributed by atoms with van der Waals surface area (Å²) in [6, 6.07) is 11.2. The van der Waals surface area contributed by atoms with E-state index in [1.54, 1.807) is 0 Å². The quantitative estimate of drug-likeness (QED) is 0.584. The summed E-state index contributed by atoms with van der Waals surface area (Å²) < 4.78 is 2.30. The SMILES string of the molecule is CC(=O)O.CC(=O)O.N[C@@H]1CCC[C@H](n2ccnc2-c2ccc3ncccc3c2)C1. The van der Waals surface area contributed by atoms with E-state index in [1.807, 2.05) is 18.5 Å². The van der Waals surface area contributed by atoms with Crippen LogP contribution in [0.4, 0.5) is 0 Å². The smallest absolute Gasteiger partial charge is 0.300 e. The van der Waals surface area contributed by atoms with Crippen LogP contribution in [0.5, 0.6) is 0 Å². The summed E-state index contributed by atoms with van der Waals surface area (Å²) >= 11 is 0. The zero-order chi connectivity index (χ0) is 22.1. The lowest BCUT2D eigenvalue weighted by Gasteiger charge is -2.28. The van der Waals surface area contributed by atoms with E-state index in [0.29, 0.717) is 12.1 Å². The van der Waals surface area contributed by atoms with Gasteiger partial charge in [-0.15, -0.1) is 0 Å². The lowest BCUT2D eigenvalue weighted by atomic mass is 9.91. The van der Waals surface area contributed by atoms with Gasteiger partial charge in [0.1, 0.15) is 5.82 Å². The van der Waals surface area contributed by atoms with E-state index in [0.717, 1.165) is 49.0 Å². The summed E-state index contributed by atoms with van der Waals surface area (Å²) in [7, 11) is 0. The number of hydrogen-bond acceptors (Lipinski definition) is 5. The predicted octanol–water partition coefficient (Wildman–Crippen LogP) is 3.72. The molecular weight excluding hydrogens is 384 g/mol. The van der Waals surface area contributed by atoms with E-state index in [-0.39, 0.29) is 0 Å². The van der Waals surface area contributed by atoms with Crippen LogP contribution in [0.2, 0.25) is 0 Å². The van der Waals surface area contributed by atoms with Crippen LogP contribution < -0.4 is 5.73 Å². The van der Waals surface area contributed by atoms with Gasteiger partial charge in [0.15, 0.2) is 0 Å². The average Bonchev–Trinajstić information content (AvgIpc) is 3.17. The van der Waals surface area contributed by atoms with Gasteiger partial charge in [0.2, 0.25) is 0 Å². The first-order valence-corrected chi connectivity index (χ1v) is 9.80. The summed E-state index contributed by atoms with van der Waals surface area (Å²) in [5.74, 6) is -0.634. The maximum absolute atomic E-state index is 9.00. The Morgan fingerprint density at radius 2 is 1.77 bits per heavy atom. The Kier molecular flexibility index (Phi) is 8.49. The Morgan fingerprint density at radius 3 is 2.43 bits per heavy atom. The molecule has 0 saturated heterocycles. The minimum absolute atomic E-state index is 0.315. The van der Waals surface area contributed by atoms with Crippen molar-refractivity contribution in [2.45, 2.75) is 51.6 Å². The average molecular weight is 412 g/mol. The Labute approximate surface area is 175 Å². The molecule has 4 N–H and O–H groups in total. The lowest BCUT2D eigenvalue weighted by molar-refractivity contribution is -0.135. The largest absolute Gasteiger partial charge is 0.481 e. The molecule has 0 radical (unpaired) electrons. The van der Waals surface area contributed by atoms with E-state index in [4.69, 9.17) is 25.5 Å². The van der Waals surface area contributed by atoms with E-state index in [9.17, 15) is 0 Å². The van der Waals surface area contributed by atoms with E-state index in [1.165, 1.54) is 12.8 Å². The first-order valence-electron chi connectivity index (χ1n) is 9.80. The molecule has 1 fully saturated rings. The Bertz CT molecular complexity index is 966. The molecule has 2 atom stereocenters. The number of carbonyl (C=O) groups is 2. The molecule has 0 unspecified atom stereocenters. The van der Waals surface area contributed by atoms with Crippen molar-refractivity contribution in [1.82, 2.24) is 14.5 Å². The molecule has 1 saturated carbocycles. The number of pyridine rings is 1. The van der Waals surface area contributed by atoms with Crippen LogP contribution in [0.1, 0.15) is 45.6 Å². The molecule has 8 heteroatoms. The molecule has 8 nitrogen and oxygen atoms in total. The highest BCUT2D eigenvalue weighted by molar-refractivity contribution is 5.83. The summed E-state index contributed by atoms with van der Waals surface area (Å²) in [5, 5.41) is 16.0. The molecule has 2 heterocycles. The highest BCUT2D eigenvalue weighted by Crippen LogP contribution is 2.32. The van der Waals surface area contributed by atoms with Gasteiger partial charge >= 0.3 is 0 Å². The van der Waals surface area contributed by atoms with Crippen molar-refractivity contribution in [1.29, 1.82) is 0 Å². The van der Waals surface area contributed by atoms with Crippen molar-refractivity contribution in [3.05, 3.63) is 48.9 Å². The van der Waals surface area contributed by atoms with Gasteiger partial charge in [0.05, 0.1) is 5.52 Å². The number of carboxylic acids is 2. The highest BCUT2D eigenvalue weighted by Gasteiger charge is 2.22. The molecular formula is C22H28N4O4. The molecule has 1 aliphatic rings. The van der Waals surface area contributed by atoms with Crippen LogP contribution in [-0.4, -0.2) is 42.7 Å². The maximum atomic E-state index is 9.00. The normalized spacial score (nSPS) is 17.8. The summed E-state index contributed by atoms with van der Waals surface area (Å²) in [6.07, 6.45) is 10.4. The fourth-order valence-electron chi connectivity index (χ4n) is 3.50. The van der Waals surface area contributed by atoms with Crippen LogP contribution in [0.25, 0.3) is 22.3 Å². The lowest BCUT2D eigenvalue weighted by Crippen LogP contribution is -2.29. The maximum Gasteiger partial charge on any atom is 0.300 e. The summed E-state index contributed by atoms with van der Waals surface area (Å²) in [5.41, 5.74) is 8.31. The first kappa shape index (κ1) is 23.0. The molecule has 1 aromatic carbocycles. The number of benzene rings is 1. The van der Waals surface area contributed by atoms with Crippen molar-refractivity contribution in [2.75, 3.05) is 0 Å². The molecule has 1 aliphatic carbocycles. The van der Waals surface area contributed by atoms with Crippen molar-refractivity contribution >= 4 is 22.8 Å². The van der Waals surface area contributed by atoms with Crippen LogP contribution in [0.3, 0.4) is 0 Å². The zero-order valence-electron chi connectivity index (χ0n) is 17.2. The van der Waals surface area contributed by atoms with Gasteiger partial charge in [-0.3, -0.25) is 14.6 Å². The second-order valence-corrected chi connectivity index (χ2v) is 7.19. The third kappa shape index (κ3) is 6.97. The highest BCUT2D eigenvalue weighted by atomic mass is 16.4. The third-order valence-corrected chi connectivity index (χ3v) is 4.61. The van der Waals surface area contributed by atoms with Crippen LogP contribution in [0.15, 0.2) is 48.9 Å². The number of nitrogens with two attached hydrogens (primary N) is 1. The summed E-state index contributed by atoms with van der Waals surface area (Å²) in [4.78, 5) is 27.0. The minimum Gasteiger partial charge on any atom is -0.481 e. The number of carboxylic acid groups (broad SMARTS) is 2. The topological polar surface area (TPSA) is 131 Å². The van der Waals surface area contributed by atoms with Crippen LogP contribution in [-0.2, 0) is 9.59 Å². The molecule has 4 rings (SSSR count). The number of imidazole rings is 1. The number of aromatic nitrogens is 3. The standard InChI is InChI=1S/C18H20N4.2C2H4O2/c19-15-4-1-5-16(12-15)22-10-9-21-18(22)14-6-7-17-13(11-14)3-2-8-20-17;2*1-2(3)4/h2-3,6-11,15-16H,1,4-5,12,19H2;2*1H3,(H,3,4)/t15-,16+;;/m1../s1. The van der Waals surface area contributed by atoms with E-state index in [2.05, 4.69) is 45.0 Å². The molecule has 0 aliphatic heterocycles. The van der Waals surface area contributed by atoms with Crippen LogP contribution in [0, 0.1) is 0 Å². The zero-order valence-corrected chi connectivity index (χ0v) is 17.2. The number of rotatable bonds is 2. The van der Waals surface area contributed by atoms with Gasteiger partial charge in [-0.1, -0.05) is 6.07 Å². The summed E-state index contributed by atoms with van der Waals surface area (Å²) in [6.45, 7) is 2.17. The van der Waals surface area contributed by atoms with Crippen molar-refractivity contribution in [3.63, 3.8) is 0 Å². The van der Waals surface area contributed by atoms with Crippen molar-refractivity contribution in [2.24, 2.45) is 5.73 Å². The van der Waals surface area contributed by atoms with E-state index < -0.39 is 11.9 Å². The van der Waals surface area contributed by atoms with Gasteiger partial charge < -0.3 is 20.5 Å². The molecule has 3 aromatic rings. The second kappa shape index (κ2) is 11.1. The monoisotopic (exact) mass is 412 g/mol. The first-order chi connectivity index (χ1) is 14.3. The van der Waals surface area contributed by atoms with Crippen LogP contribution >= 0.6 is 0 Å². The van der Waals surface area contributed by atoms with Gasteiger partial charge in [0, 0.05) is 55.5 Å². The number of fused-ring (bicyclic) bond motifs is 1. The fourth-order valence-corrected chi connectivity index (χ4v) is 3.50. The predicted molar refractivity (Wildman–Crippen MR) is 115 cm³/mol. The van der Waals surface area contributed by atoms with Gasteiger partial charge in [-0.25, -0.2) is 4.98 Å². The Morgan fingerprint density at radius 1 is 1.07 bits per heavy atom. The Hall–Kier alpha value is -3.26. The number of hydrogen-bond donors (Lipinski definition) is 3. The fraction of sp³-hybridized carbons (Fsp3) is 0.364. The molecule has 160 valence electrons. The van der Waals surface area contributed by atoms with E-state index >= 15 is 0 Å².